The molecule has 3 nitrogen and oxygen atoms in total. The molecule has 0 aromatic heterocycles. The van der Waals surface area contributed by atoms with Crippen molar-refractivity contribution in [3.05, 3.63) is 29.8 Å². The van der Waals surface area contributed by atoms with Gasteiger partial charge in [-0.05, 0) is 54.9 Å². The van der Waals surface area contributed by atoms with Gasteiger partial charge in [0.2, 0.25) is 0 Å². The highest BCUT2D eigenvalue weighted by atomic mass is 32.2. The second-order valence-corrected chi connectivity index (χ2v) is 6.92. The summed E-state index contributed by atoms with van der Waals surface area (Å²) in [5.41, 5.74) is 0.280. The van der Waals surface area contributed by atoms with E-state index in [9.17, 15) is 9.90 Å². The SMILES string of the molecule is O=C(O)C1(c2ccc(OC3CCSCC3)cc2)CCC1. The van der Waals surface area contributed by atoms with E-state index in [1.165, 1.54) is 11.5 Å². The van der Waals surface area contributed by atoms with E-state index in [1.807, 2.05) is 36.0 Å². The van der Waals surface area contributed by atoms with Gasteiger partial charge in [-0.1, -0.05) is 18.6 Å². The van der Waals surface area contributed by atoms with Gasteiger partial charge in [0.15, 0.2) is 0 Å². The summed E-state index contributed by atoms with van der Waals surface area (Å²) in [5.74, 6) is 2.52. The van der Waals surface area contributed by atoms with Gasteiger partial charge in [0, 0.05) is 0 Å². The van der Waals surface area contributed by atoms with E-state index in [0.717, 1.165) is 43.4 Å². The van der Waals surface area contributed by atoms with Crippen LogP contribution in [-0.2, 0) is 10.2 Å². The number of carboxylic acid groups (broad SMARTS) is 1. The Morgan fingerprint density at radius 1 is 1.20 bits per heavy atom. The summed E-state index contributed by atoms with van der Waals surface area (Å²) < 4.78 is 5.97. The van der Waals surface area contributed by atoms with Gasteiger partial charge in [0.1, 0.15) is 11.9 Å². The molecule has 1 N–H and O–H groups in total. The number of aliphatic carboxylic acids is 1. The second-order valence-electron chi connectivity index (χ2n) is 5.69. The van der Waals surface area contributed by atoms with Crippen LogP contribution in [0.5, 0.6) is 5.75 Å². The quantitative estimate of drug-likeness (QED) is 0.923. The molecular weight excluding hydrogens is 272 g/mol. The molecular formula is C16H20O3S. The fourth-order valence-corrected chi connectivity index (χ4v) is 4.06. The van der Waals surface area contributed by atoms with E-state index in [1.54, 1.807) is 0 Å². The summed E-state index contributed by atoms with van der Waals surface area (Å²) in [4.78, 5) is 11.5. The Kier molecular flexibility index (Phi) is 3.92. The molecule has 1 aromatic carbocycles. The fraction of sp³-hybridized carbons (Fsp3) is 0.562. The number of rotatable bonds is 4. The van der Waals surface area contributed by atoms with Crippen molar-refractivity contribution in [2.45, 2.75) is 43.6 Å². The summed E-state index contributed by atoms with van der Waals surface area (Å²) in [7, 11) is 0. The van der Waals surface area contributed by atoms with E-state index in [2.05, 4.69) is 0 Å². The average Bonchev–Trinajstić information content (AvgIpc) is 2.40. The number of carbonyl (C=O) groups is 1. The standard InChI is InChI=1S/C16H20O3S/c17-15(18)16(8-1-9-16)12-2-4-13(5-3-12)19-14-6-10-20-11-7-14/h2-5,14H,1,6-11H2,(H,17,18). The molecule has 1 saturated heterocycles. The molecule has 0 amide bonds. The monoisotopic (exact) mass is 292 g/mol. The first-order valence-corrected chi connectivity index (χ1v) is 8.44. The van der Waals surface area contributed by atoms with E-state index in [-0.39, 0.29) is 0 Å². The number of carboxylic acids is 1. The van der Waals surface area contributed by atoms with Gasteiger partial charge in [0.25, 0.3) is 0 Å². The zero-order valence-corrected chi connectivity index (χ0v) is 12.3. The number of ether oxygens (including phenoxy) is 1. The van der Waals surface area contributed by atoms with Crippen molar-refractivity contribution in [2.75, 3.05) is 11.5 Å². The van der Waals surface area contributed by atoms with Crippen molar-refractivity contribution >= 4 is 17.7 Å². The van der Waals surface area contributed by atoms with Crippen LogP contribution in [0.25, 0.3) is 0 Å². The lowest BCUT2D eigenvalue weighted by atomic mass is 9.64. The van der Waals surface area contributed by atoms with Crippen LogP contribution in [0, 0.1) is 0 Å². The molecule has 1 aromatic rings. The summed E-state index contributed by atoms with van der Waals surface area (Å²) in [5, 5.41) is 9.43. The number of hydrogen-bond donors (Lipinski definition) is 1. The van der Waals surface area contributed by atoms with Crippen LogP contribution in [0.2, 0.25) is 0 Å². The molecule has 1 aliphatic heterocycles. The molecule has 1 saturated carbocycles. The molecule has 0 atom stereocenters. The van der Waals surface area contributed by atoms with E-state index >= 15 is 0 Å². The predicted molar refractivity (Wildman–Crippen MR) is 80.6 cm³/mol. The molecule has 0 bridgehead atoms. The molecule has 2 fully saturated rings. The van der Waals surface area contributed by atoms with E-state index in [0.29, 0.717) is 6.10 Å². The van der Waals surface area contributed by atoms with Crippen LogP contribution in [0.3, 0.4) is 0 Å². The first-order valence-electron chi connectivity index (χ1n) is 7.29. The third-order valence-electron chi connectivity index (χ3n) is 4.49. The predicted octanol–water partition coefficient (Wildman–Crippen LogP) is 3.47. The number of benzene rings is 1. The maximum absolute atomic E-state index is 11.5. The molecule has 2 aliphatic rings. The molecule has 3 rings (SSSR count). The Morgan fingerprint density at radius 3 is 2.35 bits per heavy atom. The second kappa shape index (κ2) is 5.68. The zero-order chi connectivity index (χ0) is 14.0. The van der Waals surface area contributed by atoms with Gasteiger partial charge in [0.05, 0.1) is 5.41 Å². The van der Waals surface area contributed by atoms with Crippen LogP contribution >= 0.6 is 11.8 Å². The Hall–Kier alpha value is -1.16. The maximum atomic E-state index is 11.5. The van der Waals surface area contributed by atoms with Crippen molar-refractivity contribution in [2.24, 2.45) is 0 Å². The van der Waals surface area contributed by atoms with E-state index < -0.39 is 11.4 Å². The van der Waals surface area contributed by atoms with Gasteiger partial charge >= 0.3 is 5.97 Å². The van der Waals surface area contributed by atoms with Gasteiger partial charge in [-0.15, -0.1) is 0 Å². The van der Waals surface area contributed by atoms with Gasteiger partial charge < -0.3 is 9.84 Å². The molecule has 0 radical (unpaired) electrons. The van der Waals surface area contributed by atoms with Gasteiger partial charge in [-0.3, -0.25) is 4.79 Å². The average molecular weight is 292 g/mol. The Labute approximate surface area is 123 Å². The van der Waals surface area contributed by atoms with Crippen LogP contribution in [0.4, 0.5) is 0 Å². The lowest BCUT2D eigenvalue weighted by Crippen LogP contribution is -2.42. The highest BCUT2D eigenvalue weighted by Crippen LogP contribution is 2.44. The summed E-state index contributed by atoms with van der Waals surface area (Å²) >= 11 is 1.98. The molecule has 0 unspecified atom stereocenters. The third-order valence-corrected chi connectivity index (χ3v) is 5.54. The fourth-order valence-electron chi connectivity index (χ4n) is 3.00. The summed E-state index contributed by atoms with van der Waals surface area (Å²) in [6.45, 7) is 0. The van der Waals surface area contributed by atoms with Crippen LogP contribution < -0.4 is 4.74 Å². The van der Waals surface area contributed by atoms with Crippen molar-refractivity contribution in [3.63, 3.8) is 0 Å². The van der Waals surface area contributed by atoms with Crippen molar-refractivity contribution in [1.82, 2.24) is 0 Å². The van der Waals surface area contributed by atoms with Crippen molar-refractivity contribution in [1.29, 1.82) is 0 Å². The lowest BCUT2D eigenvalue weighted by molar-refractivity contribution is -0.147. The van der Waals surface area contributed by atoms with Crippen LogP contribution in [-0.4, -0.2) is 28.7 Å². The van der Waals surface area contributed by atoms with Crippen molar-refractivity contribution in [3.8, 4) is 5.75 Å². The van der Waals surface area contributed by atoms with Crippen LogP contribution in [0.15, 0.2) is 24.3 Å². The highest BCUT2D eigenvalue weighted by Gasteiger charge is 2.45. The van der Waals surface area contributed by atoms with Gasteiger partial charge in [-0.25, -0.2) is 0 Å². The maximum Gasteiger partial charge on any atom is 0.314 e. The highest BCUT2D eigenvalue weighted by molar-refractivity contribution is 7.99. The smallest absolute Gasteiger partial charge is 0.314 e. The minimum atomic E-state index is -0.693. The first kappa shape index (κ1) is 13.8. The third kappa shape index (κ3) is 2.53. The zero-order valence-electron chi connectivity index (χ0n) is 11.5. The topological polar surface area (TPSA) is 46.5 Å². The Morgan fingerprint density at radius 2 is 1.85 bits per heavy atom. The minimum Gasteiger partial charge on any atom is -0.490 e. The van der Waals surface area contributed by atoms with Gasteiger partial charge in [-0.2, -0.15) is 11.8 Å². The Balaban J connectivity index is 1.69. The molecule has 4 heteroatoms. The van der Waals surface area contributed by atoms with E-state index in [4.69, 9.17) is 4.74 Å². The largest absolute Gasteiger partial charge is 0.490 e. The minimum absolute atomic E-state index is 0.319. The molecule has 1 heterocycles. The lowest BCUT2D eigenvalue weighted by Gasteiger charge is -2.38. The van der Waals surface area contributed by atoms with Crippen LogP contribution in [0.1, 0.15) is 37.7 Å². The number of thioether (sulfide) groups is 1. The molecule has 1 aliphatic carbocycles. The normalized spacial score (nSPS) is 22.0. The molecule has 20 heavy (non-hydrogen) atoms. The summed E-state index contributed by atoms with van der Waals surface area (Å²) in [6, 6.07) is 7.72. The van der Waals surface area contributed by atoms with Crippen molar-refractivity contribution < 1.29 is 14.6 Å². The molecule has 0 spiro atoms. The number of hydrogen-bond acceptors (Lipinski definition) is 3. The summed E-state index contributed by atoms with van der Waals surface area (Å²) in [6.07, 6.45) is 5.03. The first-order chi connectivity index (χ1) is 9.71. The Bertz CT molecular complexity index is 473. The molecule has 108 valence electrons.